The molecule has 0 spiro atoms. The number of allylic oxidation sites excluding steroid dienone is 1. The fourth-order valence-corrected chi connectivity index (χ4v) is 2.90. The van der Waals surface area contributed by atoms with E-state index in [4.69, 9.17) is 0 Å². The molecule has 1 saturated heterocycles. The standard InChI is InChI=1S/C15H18N2O/c1-2-12-13-9-11(10-5-7-16-8-6-10)3-4-14(13)17-15(12)18/h2-4,9-10,16H,5-8H2,1H3,(H,17,18)/b12-2+. The minimum absolute atomic E-state index is 0.0231. The van der Waals surface area contributed by atoms with Gasteiger partial charge in [0, 0.05) is 16.8 Å². The van der Waals surface area contributed by atoms with Crippen molar-refractivity contribution in [2.75, 3.05) is 18.4 Å². The Morgan fingerprint density at radius 2 is 2.06 bits per heavy atom. The number of carbonyl (C=O) groups is 1. The smallest absolute Gasteiger partial charge is 0.256 e. The van der Waals surface area contributed by atoms with E-state index in [9.17, 15) is 4.79 Å². The van der Waals surface area contributed by atoms with Gasteiger partial charge >= 0.3 is 0 Å². The van der Waals surface area contributed by atoms with E-state index in [1.165, 1.54) is 18.4 Å². The Labute approximate surface area is 107 Å². The Morgan fingerprint density at radius 3 is 2.78 bits per heavy atom. The first-order chi connectivity index (χ1) is 8.79. The first-order valence-electron chi connectivity index (χ1n) is 6.62. The summed E-state index contributed by atoms with van der Waals surface area (Å²) in [6, 6.07) is 6.40. The van der Waals surface area contributed by atoms with Crippen LogP contribution < -0.4 is 10.6 Å². The molecule has 3 heteroatoms. The Balaban J connectivity index is 1.96. The van der Waals surface area contributed by atoms with Gasteiger partial charge in [-0.1, -0.05) is 12.1 Å². The molecular weight excluding hydrogens is 224 g/mol. The van der Waals surface area contributed by atoms with Gasteiger partial charge in [0.2, 0.25) is 0 Å². The molecule has 2 heterocycles. The molecule has 94 valence electrons. The lowest BCUT2D eigenvalue weighted by molar-refractivity contribution is -0.110. The molecular formula is C15H18N2O. The maximum Gasteiger partial charge on any atom is 0.256 e. The molecule has 1 aromatic rings. The van der Waals surface area contributed by atoms with E-state index in [0.29, 0.717) is 5.92 Å². The number of fused-ring (bicyclic) bond motifs is 1. The van der Waals surface area contributed by atoms with Crippen LogP contribution in [0.15, 0.2) is 24.3 Å². The molecule has 0 saturated carbocycles. The van der Waals surface area contributed by atoms with Crippen LogP contribution in [0, 0.1) is 0 Å². The van der Waals surface area contributed by atoms with Gasteiger partial charge in [0.25, 0.3) is 5.91 Å². The molecule has 2 aliphatic rings. The third kappa shape index (κ3) is 1.85. The zero-order valence-corrected chi connectivity index (χ0v) is 10.6. The lowest BCUT2D eigenvalue weighted by Gasteiger charge is -2.23. The molecule has 0 atom stereocenters. The van der Waals surface area contributed by atoms with Crippen molar-refractivity contribution in [1.29, 1.82) is 0 Å². The van der Waals surface area contributed by atoms with Crippen LogP contribution in [0.2, 0.25) is 0 Å². The highest BCUT2D eigenvalue weighted by atomic mass is 16.1. The number of amides is 1. The van der Waals surface area contributed by atoms with Gasteiger partial charge < -0.3 is 10.6 Å². The minimum Gasteiger partial charge on any atom is -0.321 e. The van der Waals surface area contributed by atoms with Crippen LogP contribution in [-0.4, -0.2) is 19.0 Å². The average Bonchev–Trinajstić information content (AvgIpc) is 2.74. The highest BCUT2D eigenvalue weighted by Crippen LogP contribution is 2.35. The number of anilines is 1. The van der Waals surface area contributed by atoms with E-state index < -0.39 is 0 Å². The summed E-state index contributed by atoms with van der Waals surface area (Å²) in [5.74, 6) is 0.653. The quantitative estimate of drug-likeness (QED) is 0.743. The number of benzene rings is 1. The molecule has 3 nitrogen and oxygen atoms in total. The number of hydrogen-bond acceptors (Lipinski definition) is 2. The maximum absolute atomic E-state index is 11.8. The van der Waals surface area contributed by atoms with Crippen molar-refractivity contribution in [2.24, 2.45) is 0 Å². The summed E-state index contributed by atoms with van der Waals surface area (Å²) < 4.78 is 0. The fourth-order valence-electron chi connectivity index (χ4n) is 2.90. The number of nitrogens with one attached hydrogen (secondary N) is 2. The molecule has 0 aliphatic carbocycles. The van der Waals surface area contributed by atoms with Crippen LogP contribution in [0.4, 0.5) is 5.69 Å². The first-order valence-corrected chi connectivity index (χ1v) is 6.62. The van der Waals surface area contributed by atoms with Gasteiger partial charge in [-0.05, 0) is 56.5 Å². The molecule has 2 N–H and O–H groups in total. The minimum atomic E-state index is 0.0231. The molecule has 0 radical (unpaired) electrons. The zero-order chi connectivity index (χ0) is 12.5. The van der Waals surface area contributed by atoms with Crippen LogP contribution in [0.5, 0.6) is 0 Å². The number of rotatable bonds is 1. The summed E-state index contributed by atoms with van der Waals surface area (Å²) in [4.78, 5) is 11.8. The van der Waals surface area contributed by atoms with Gasteiger partial charge in [0.15, 0.2) is 0 Å². The topological polar surface area (TPSA) is 41.1 Å². The van der Waals surface area contributed by atoms with Crippen molar-refractivity contribution < 1.29 is 4.79 Å². The van der Waals surface area contributed by atoms with E-state index in [2.05, 4.69) is 22.8 Å². The van der Waals surface area contributed by atoms with E-state index >= 15 is 0 Å². The molecule has 3 rings (SSSR count). The van der Waals surface area contributed by atoms with Crippen molar-refractivity contribution in [3.63, 3.8) is 0 Å². The maximum atomic E-state index is 11.8. The van der Waals surface area contributed by atoms with Gasteiger partial charge in [0.05, 0.1) is 0 Å². The van der Waals surface area contributed by atoms with Crippen LogP contribution in [0.25, 0.3) is 5.57 Å². The van der Waals surface area contributed by atoms with Gasteiger partial charge in [-0.25, -0.2) is 0 Å². The van der Waals surface area contributed by atoms with Crippen LogP contribution >= 0.6 is 0 Å². The van der Waals surface area contributed by atoms with Crippen molar-refractivity contribution in [3.05, 3.63) is 35.4 Å². The number of carbonyl (C=O) groups excluding carboxylic acids is 1. The average molecular weight is 242 g/mol. The van der Waals surface area contributed by atoms with Crippen molar-refractivity contribution in [2.45, 2.75) is 25.7 Å². The first kappa shape index (κ1) is 11.5. The molecule has 1 fully saturated rings. The Bertz CT molecular complexity index is 513. The zero-order valence-electron chi connectivity index (χ0n) is 10.6. The summed E-state index contributed by atoms with van der Waals surface area (Å²) in [6.45, 7) is 4.10. The normalized spacial score (nSPS) is 22.1. The molecule has 1 aromatic carbocycles. The fraction of sp³-hybridized carbons (Fsp3) is 0.400. The summed E-state index contributed by atoms with van der Waals surface area (Å²) in [5, 5.41) is 6.29. The molecule has 0 aromatic heterocycles. The van der Waals surface area contributed by atoms with Gasteiger partial charge in [-0.15, -0.1) is 0 Å². The number of piperidine rings is 1. The molecule has 0 bridgehead atoms. The lowest BCUT2D eigenvalue weighted by atomic mass is 9.88. The SMILES string of the molecule is C/C=C1/C(=O)Nc2ccc(C3CCNCC3)cc21. The summed E-state index contributed by atoms with van der Waals surface area (Å²) in [6.07, 6.45) is 4.27. The summed E-state index contributed by atoms with van der Waals surface area (Å²) in [7, 11) is 0. The van der Waals surface area contributed by atoms with E-state index in [1.807, 2.05) is 19.1 Å². The third-order valence-electron chi connectivity index (χ3n) is 3.93. The lowest BCUT2D eigenvalue weighted by Crippen LogP contribution is -2.26. The largest absolute Gasteiger partial charge is 0.321 e. The van der Waals surface area contributed by atoms with Gasteiger partial charge in [-0.2, -0.15) is 0 Å². The molecule has 0 unspecified atom stereocenters. The Kier molecular flexibility index (Phi) is 2.92. The highest BCUT2D eigenvalue weighted by Gasteiger charge is 2.25. The second-order valence-corrected chi connectivity index (χ2v) is 4.99. The van der Waals surface area contributed by atoms with Crippen LogP contribution in [0.1, 0.15) is 36.8 Å². The van der Waals surface area contributed by atoms with Gasteiger partial charge in [-0.3, -0.25) is 4.79 Å². The Hall–Kier alpha value is -1.61. The molecule has 18 heavy (non-hydrogen) atoms. The summed E-state index contributed by atoms with van der Waals surface area (Å²) in [5.41, 5.74) is 4.19. The van der Waals surface area contributed by atoms with E-state index in [1.54, 1.807) is 0 Å². The number of hydrogen-bond donors (Lipinski definition) is 2. The second-order valence-electron chi connectivity index (χ2n) is 4.99. The van der Waals surface area contributed by atoms with Crippen molar-refractivity contribution >= 4 is 17.2 Å². The monoisotopic (exact) mass is 242 g/mol. The van der Waals surface area contributed by atoms with E-state index in [-0.39, 0.29) is 5.91 Å². The van der Waals surface area contributed by atoms with Crippen LogP contribution in [-0.2, 0) is 4.79 Å². The second kappa shape index (κ2) is 4.58. The Morgan fingerprint density at radius 1 is 1.28 bits per heavy atom. The predicted octanol–water partition coefficient (Wildman–Crippen LogP) is 2.51. The van der Waals surface area contributed by atoms with Gasteiger partial charge in [0.1, 0.15) is 0 Å². The van der Waals surface area contributed by atoms with E-state index in [0.717, 1.165) is 29.9 Å². The van der Waals surface area contributed by atoms with Crippen LogP contribution in [0.3, 0.4) is 0 Å². The summed E-state index contributed by atoms with van der Waals surface area (Å²) >= 11 is 0. The third-order valence-corrected chi connectivity index (χ3v) is 3.93. The highest BCUT2D eigenvalue weighted by molar-refractivity contribution is 6.31. The molecule has 1 amide bonds. The van der Waals surface area contributed by atoms with Crippen molar-refractivity contribution in [3.8, 4) is 0 Å². The van der Waals surface area contributed by atoms with Crippen molar-refractivity contribution in [1.82, 2.24) is 5.32 Å². The molecule has 2 aliphatic heterocycles. The predicted molar refractivity (Wildman–Crippen MR) is 73.6 cm³/mol.